The number of rotatable bonds is 4. The van der Waals surface area contributed by atoms with Gasteiger partial charge in [-0.05, 0) is 37.8 Å². The minimum absolute atomic E-state index is 0.0632. The molecule has 5 rings (SSSR count). The summed E-state index contributed by atoms with van der Waals surface area (Å²) >= 11 is 0. The lowest BCUT2D eigenvalue weighted by Gasteiger charge is -2.37. The Morgan fingerprint density at radius 1 is 1.17 bits per heavy atom. The van der Waals surface area contributed by atoms with E-state index in [9.17, 15) is 9.59 Å². The van der Waals surface area contributed by atoms with Gasteiger partial charge in [0.15, 0.2) is 0 Å². The highest BCUT2D eigenvalue weighted by molar-refractivity contribution is 5.94. The molecule has 0 saturated carbocycles. The molecule has 5 heterocycles. The van der Waals surface area contributed by atoms with Crippen LogP contribution in [0.25, 0.3) is 0 Å². The molecule has 1 atom stereocenters. The van der Waals surface area contributed by atoms with Crippen LogP contribution < -0.4 is 4.90 Å². The molecule has 3 aliphatic rings. The Bertz CT molecular complexity index is 897. The number of imidazole rings is 1. The largest absolute Gasteiger partial charge is 0.460 e. The van der Waals surface area contributed by atoms with Gasteiger partial charge in [0, 0.05) is 51.2 Å². The number of likely N-dealkylation sites (tertiary alicyclic amines) is 1. The summed E-state index contributed by atoms with van der Waals surface area (Å²) in [5, 5.41) is 0. The molecule has 2 aromatic heterocycles. The molecule has 8 nitrogen and oxygen atoms in total. The molecule has 0 aromatic carbocycles. The van der Waals surface area contributed by atoms with Crippen LogP contribution in [0.4, 0.5) is 5.82 Å². The molecule has 3 saturated heterocycles. The molecular formula is C22H27N5O3. The van der Waals surface area contributed by atoms with Crippen molar-refractivity contribution in [3.63, 3.8) is 0 Å². The van der Waals surface area contributed by atoms with E-state index in [1.807, 2.05) is 27.8 Å². The lowest BCUT2D eigenvalue weighted by atomic mass is 9.76. The average molecular weight is 409 g/mol. The molecule has 3 fully saturated rings. The van der Waals surface area contributed by atoms with Crippen molar-refractivity contribution >= 4 is 17.7 Å². The number of piperidine rings is 1. The molecule has 158 valence electrons. The number of ether oxygens (including phenoxy) is 1. The number of hydrogen-bond acceptors (Lipinski definition) is 6. The van der Waals surface area contributed by atoms with Crippen molar-refractivity contribution in [2.45, 2.75) is 44.8 Å². The normalized spacial score (nSPS) is 23.2. The van der Waals surface area contributed by atoms with Crippen molar-refractivity contribution in [2.24, 2.45) is 5.41 Å². The molecule has 1 amide bonds. The van der Waals surface area contributed by atoms with E-state index in [0.29, 0.717) is 12.1 Å². The van der Waals surface area contributed by atoms with E-state index in [1.54, 1.807) is 18.7 Å². The van der Waals surface area contributed by atoms with E-state index in [0.717, 1.165) is 64.1 Å². The fourth-order valence-electron chi connectivity index (χ4n) is 4.94. The van der Waals surface area contributed by atoms with Gasteiger partial charge in [0.25, 0.3) is 5.91 Å². The van der Waals surface area contributed by atoms with Crippen LogP contribution in [0.1, 0.15) is 42.5 Å². The zero-order valence-electron chi connectivity index (χ0n) is 17.1. The summed E-state index contributed by atoms with van der Waals surface area (Å²) < 4.78 is 7.66. The van der Waals surface area contributed by atoms with E-state index in [2.05, 4.69) is 14.9 Å². The predicted molar refractivity (Wildman–Crippen MR) is 110 cm³/mol. The molecule has 2 aromatic rings. The highest BCUT2D eigenvalue weighted by atomic mass is 16.6. The van der Waals surface area contributed by atoms with Crippen molar-refractivity contribution in [3.05, 3.63) is 42.6 Å². The van der Waals surface area contributed by atoms with E-state index < -0.39 is 0 Å². The Hall–Kier alpha value is -2.90. The van der Waals surface area contributed by atoms with Crippen LogP contribution in [-0.4, -0.2) is 63.6 Å². The Morgan fingerprint density at radius 3 is 2.63 bits per heavy atom. The molecule has 0 bridgehead atoms. The zero-order chi connectivity index (χ0) is 20.6. The van der Waals surface area contributed by atoms with Crippen LogP contribution in [0.3, 0.4) is 0 Å². The second-order valence-electron chi connectivity index (χ2n) is 8.66. The van der Waals surface area contributed by atoms with Crippen molar-refractivity contribution < 1.29 is 14.3 Å². The number of nitrogens with zero attached hydrogens (tertiary/aromatic N) is 5. The zero-order valence-corrected chi connectivity index (χ0v) is 17.1. The maximum absolute atomic E-state index is 12.7. The topological polar surface area (TPSA) is 80.6 Å². The Labute approximate surface area is 175 Å². The average Bonchev–Trinajstić information content (AvgIpc) is 3.52. The monoisotopic (exact) mass is 409 g/mol. The van der Waals surface area contributed by atoms with Crippen molar-refractivity contribution in [3.8, 4) is 0 Å². The van der Waals surface area contributed by atoms with Gasteiger partial charge in [-0.2, -0.15) is 0 Å². The van der Waals surface area contributed by atoms with Gasteiger partial charge < -0.3 is 19.1 Å². The lowest BCUT2D eigenvalue weighted by Crippen LogP contribution is -2.43. The van der Waals surface area contributed by atoms with Gasteiger partial charge in [0.05, 0.1) is 23.9 Å². The third-order valence-corrected chi connectivity index (χ3v) is 6.73. The van der Waals surface area contributed by atoms with E-state index in [4.69, 9.17) is 4.74 Å². The van der Waals surface area contributed by atoms with Crippen molar-refractivity contribution in [2.75, 3.05) is 31.1 Å². The van der Waals surface area contributed by atoms with Gasteiger partial charge in [0.2, 0.25) is 0 Å². The van der Waals surface area contributed by atoms with Gasteiger partial charge >= 0.3 is 5.97 Å². The first-order valence-electron chi connectivity index (χ1n) is 10.8. The Kier molecular flexibility index (Phi) is 4.92. The van der Waals surface area contributed by atoms with Gasteiger partial charge in [-0.25, -0.2) is 9.97 Å². The predicted octanol–water partition coefficient (Wildman–Crippen LogP) is 2.12. The molecule has 0 aliphatic carbocycles. The van der Waals surface area contributed by atoms with Crippen molar-refractivity contribution in [1.29, 1.82) is 0 Å². The van der Waals surface area contributed by atoms with E-state index in [-0.39, 0.29) is 23.4 Å². The number of esters is 1. The van der Waals surface area contributed by atoms with E-state index >= 15 is 0 Å². The summed E-state index contributed by atoms with van der Waals surface area (Å²) in [6, 6.07) is 3.80. The number of carbonyl (C=O) groups is 2. The fraction of sp³-hybridized carbons (Fsp3) is 0.545. The molecule has 1 spiro atoms. The number of cyclic esters (lactones) is 1. The maximum atomic E-state index is 12.7. The van der Waals surface area contributed by atoms with Gasteiger partial charge in [-0.15, -0.1) is 0 Å². The molecule has 3 aliphatic heterocycles. The SMILES string of the molecule is O=C(c1ccc(N2CCC3(CC2)CC(Cn2ccnc2)OC3=O)nc1)N1CCCC1. The molecular weight excluding hydrogens is 382 g/mol. The second-order valence-corrected chi connectivity index (χ2v) is 8.66. The van der Waals surface area contributed by atoms with Gasteiger partial charge in [-0.1, -0.05) is 0 Å². The second kappa shape index (κ2) is 7.74. The van der Waals surface area contributed by atoms with Crippen LogP contribution >= 0.6 is 0 Å². The first kappa shape index (κ1) is 19.1. The number of carbonyl (C=O) groups excluding carboxylic acids is 2. The standard InChI is InChI=1S/C22H27N5O3/c28-20(27-8-1-2-9-27)17-3-4-19(24-14-17)26-10-5-22(6-11-26)13-18(30-21(22)29)15-25-12-7-23-16-25/h3-4,7,12,14,16,18H,1-2,5-6,8-11,13,15H2. The quantitative estimate of drug-likeness (QED) is 0.720. The molecule has 0 radical (unpaired) electrons. The first-order valence-corrected chi connectivity index (χ1v) is 10.8. The number of amides is 1. The van der Waals surface area contributed by atoms with Crippen LogP contribution in [0.2, 0.25) is 0 Å². The smallest absolute Gasteiger partial charge is 0.312 e. The molecule has 30 heavy (non-hydrogen) atoms. The number of hydrogen-bond donors (Lipinski definition) is 0. The Balaban J connectivity index is 1.19. The third-order valence-electron chi connectivity index (χ3n) is 6.73. The van der Waals surface area contributed by atoms with E-state index in [1.165, 1.54) is 0 Å². The maximum Gasteiger partial charge on any atom is 0.312 e. The van der Waals surface area contributed by atoms with Crippen LogP contribution in [-0.2, 0) is 16.1 Å². The summed E-state index contributed by atoms with van der Waals surface area (Å²) in [6.07, 6.45) is 11.4. The molecule has 8 heteroatoms. The molecule has 0 N–H and O–H groups in total. The summed E-state index contributed by atoms with van der Waals surface area (Å²) in [6.45, 7) is 3.86. The Morgan fingerprint density at radius 2 is 1.97 bits per heavy atom. The van der Waals surface area contributed by atoms with Crippen molar-refractivity contribution in [1.82, 2.24) is 19.4 Å². The highest BCUT2D eigenvalue weighted by Crippen LogP contribution is 2.44. The number of anilines is 1. The minimum Gasteiger partial charge on any atom is -0.460 e. The lowest BCUT2D eigenvalue weighted by molar-refractivity contribution is -0.150. The fourth-order valence-corrected chi connectivity index (χ4v) is 4.94. The first-order chi connectivity index (χ1) is 14.6. The van der Waals surface area contributed by atoms with Gasteiger partial charge in [0.1, 0.15) is 11.9 Å². The third kappa shape index (κ3) is 3.55. The summed E-state index contributed by atoms with van der Waals surface area (Å²) in [5.41, 5.74) is 0.267. The number of aromatic nitrogens is 3. The van der Waals surface area contributed by atoms with Crippen LogP contribution in [0, 0.1) is 5.41 Å². The summed E-state index contributed by atoms with van der Waals surface area (Å²) in [7, 11) is 0. The highest BCUT2D eigenvalue weighted by Gasteiger charge is 2.50. The number of pyridine rings is 1. The van der Waals surface area contributed by atoms with Crippen LogP contribution in [0.15, 0.2) is 37.1 Å². The minimum atomic E-state index is -0.382. The van der Waals surface area contributed by atoms with Gasteiger partial charge in [-0.3, -0.25) is 9.59 Å². The van der Waals surface area contributed by atoms with Crippen LogP contribution in [0.5, 0.6) is 0 Å². The summed E-state index contributed by atoms with van der Waals surface area (Å²) in [5.74, 6) is 0.873. The summed E-state index contributed by atoms with van der Waals surface area (Å²) in [4.78, 5) is 37.9. The molecule has 1 unspecified atom stereocenters.